The summed E-state index contributed by atoms with van der Waals surface area (Å²) < 4.78 is 5.44. The van der Waals surface area contributed by atoms with Gasteiger partial charge in [0.2, 0.25) is 5.91 Å². The van der Waals surface area contributed by atoms with Crippen molar-refractivity contribution in [1.82, 2.24) is 16.0 Å². The highest BCUT2D eigenvalue weighted by Gasteiger charge is 2.40. The predicted molar refractivity (Wildman–Crippen MR) is 77.3 cm³/mol. The molecular formula is C14H27N3O3. The van der Waals surface area contributed by atoms with E-state index in [-0.39, 0.29) is 17.9 Å². The molecule has 0 aromatic rings. The average molecular weight is 285 g/mol. The van der Waals surface area contributed by atoms with Gasteiger partial charge in [0.05, 0.1) is 0 Å². The second-order valence-electron chi connectivity index (χ2n) is 5.46. The van der Waals surface area contributed by atoms with Crippen molar-refractivity contribution >= 4 is 11.8 Å². The van der Waals surface area contributed by atoms with E-state index in [0.717, 1.165) is 19.5 Å². The van der Waals surface area contributed by atoms with Crippen LogP contribution in [0, 0.1) is 0 Å². The molecule has 1 aliphatic rings. The molecule has 1 rings (SSSR count). The van der Waals surface area contributed by atoms with E-state index in [9.17, 15) is 9.59 Å². The van der Waals surface area contributed by atoms with E-state index >= 15 is 0 Å². The van der Waals surface area contributed by atoms with Crippen LogP contribution in [-0.2, 0) is 14.3 Å². The number of methoxy groups -OCH3 is 1. The summed E-state index contributed by atoms with van der Waals surface area (Å²) >= 11 is 0. The fourth-order valence-corrected chi connectivity index (χ4v) is 2.22. The normalized spacial score (nSPS) is 20.8. The van der Waals surface area contributed by atoms with Crippen molar-refractivity contribution in [2.24, 2.45) is 0 Å². The van der Waals surface area contributed by atoms with Crippen molar-refractivity contribution in [1.29, 1.82) is 0 Å². The van der Waals surface area contributed by atoms with E-state index in [1.165, 1.54) is 0 Å². The van der Waals surface area contributed by atoms with Crippen LogP contribution in [-0.4, -0.2) is 49.7 Å². The first-order valence-corrected chi connectivity index (χ1v) is 7.32. The highest BCUT2D eigenvalue weighted by atomic mass is 16.5. The Morgan fingerprint density at radius 3 is 2.35 bits per heavy atom. The summed E-state index contributed by atoms with van der Waals surface area (Å²) in [5.74, 6) is -0.360. The van der Waals surface area contributed by atoms with E-state index in [4.69, 9.17) is 4.74 Å². The summed E-state index contributed by atoms with van der Waals surface area (Å²) in [6.45, 7) is 7.13. The van der Waals surface area contributed by atoms with Gasteiger partial charge < -0.3 is 20.7 Å². The number of rotatable bonds is 6. The van der Waals surface area contributed by atoms with E-state index in [0.29, 0.717) is 12.8 Å². The first-order valence-electron chi connectivity index (χ1n) is 7.32. The molecule has 0 bridgehead atoms. The molecule has 6 nitrogen and oxygen atoms in total. The monoisotopic (exact) mass is 285 g/mol. The molecule has 0 aromatic heterocycles. The van der Waals surface area contributed by atoms with Gasteiger partial charge in [0.25, 0.3) is 5.91 Å². The minimum atomic E-state index is -0.809. The summed E-state index contributed by atoms with van der Waals surface area (Å²) in [6, 6.07) is -0.449. The molecular weight excluding hydrogens is 258 g/mol. The van der Waals surface area contributed by atoms with Gasteiger partial charge in [-0.25, -0.2) is 0 Å². The number of carbonyl (C=O) groups excluding carboxylic acids is 2. The summed E-state index contributed by atoms with van der Waals surface area (Å²) in [6.07, 6.45) is 2.10. The Kier molecular flexibility index (Phi) is 6.42. The third-order valence-corrected chi connectivity index (χ3v) is 3.96. The maximum absolute atomic E-state index is 12.4. The van der Waals surface area contributed by atoms with Gasteiger partial charge in [-0.1, -0.05) is 6.92 Å². The van der Waals surface area contributed by atoms with E-state index < -0.39 is 11.6 Å². The van der Waals surface area contributed by atoms with Gasteiger partial charge in [0.1, 0.15) is 11.6 Å². The Balaban J connectivity index is 2.57. The van der Waals surface area contributed by atoms with Crippen molar-refractivity contribution in [2.75, 3.05) is 20.2 Å². The SMILES string of the molecule is CCC(C)NC(=O)C(C)NC(=O)C1(OC)CCNCC1. The fraction of sp³-hybridized carbons (Fsp3) is 0.857. The molecule has 3 N–H and O–H groups in total. The Morgan fingerprint density at radius 1 is 1.25 bits per heavy atom. The first kappa shape index (κ1) is 16.9. The Morgan fingerprint density at radius 2 is 1.85 bits per heavy atom. The Labute approximate surface area is 121 Å². The van der Waals surface area contributed by atoms with E-state index in [1.54, 1.807) is 14.0 Å². The number of piperidine rings is 1. The smallest absolute Gasteiger partial charge is 0.252 e. The van der Waals surface area contributed by atoms with Crippen molar-refractivity contribution in [3.63, 3.8) is 0 Å². The molecule has 20 heavy (non-hydrogen) atoms. The topological polar surface area (TPSA) is 79.5 Å². The van der Waals surface area contributed by atoms with E-state index in [1.807, 2.05) is 13.8 Å². The lowest BCUT2D eigenvalue weighted by molar-refractivity contribution is -0.148. The number of hydrogen-bond acceptors (Lipinski definition) is 4. The molecule has 1 aliphatic heterocycles. The number of ether oxygens (including phenoxy) is 1. The summed E-state index contributed by atoms with van der Waals surface area (Å²) in [5, 5.41) is 8.83. The van der Waals surface area contributed by atoms with Crippen LogP contribution in [0.1, 0.15) is 40.0 Å². The van der Waals surface area contributed by atoms with Gasteiger partial charge in [-0.3, -0.25) is 9.59 Å². The molecule has 2 unspecified atom stereocenters. The number of nitrogens with one attached hydrogen (secondary N) is 3. The molecule has 0 saturated carbocycles. The van der Waals surface area contributed by atoms with Crippen LogP contribution in [0.3, 0.4) is 0 Å². The van der Waals surface area contributed by atoms with Crippen molar-refractivity contribution in [2.45, 2.75) is 57.7 Å². The minimum Gasteiger partial charge on any atom is -0.368 e. The van der Waals surface area contributed by atoms with Crippen LogP contribution in [0.4, 0.5) is 0 Å². The highest BCUT2D eigenvalue weighted by Crippen LogP contribution is 2.22. The lowest BCUT2D eigenvalue weighted by Gasteiger charge is -2.35. The molecule has 1 heterocycles. The molecule has 0 aliphatic carbocycles. The van der Waals surface area contributed by atoms with Gasteiger partial charge in [0, 0.05) is 13.2 Å². The van der Waals surface area contributed by atoms with Gasteiger partial charge in [-0.05, 0) is 46.2 Å². The van der Waals surface area contributed by atoms with Crippen LogP contribution in [0.15, 0.2) is 0 Å². The van der Waals surface area contributed by atoms with Crippen LogP contribution < -0.4 is 16.0 Å². The van der Waals surface area contributed by atoms with Gasteiger partial charge in [-0.15, -0.1) is 0 Å². The quantitative estimate of drug-likeness (QED) is 0.650. The van der Waals surface area contributed by atoms with Gasteiger partial charge in [-0.2, -0.15) is 0 Å². The van der Waals surface area contributed by atoms with E-state index in [2.05, 4.69) is 16.0 Å². The Hall–Kier alpha value is -1.14. The lowest BCUT2D eigenvalue weighted by atomic mass is 9.91. The zero-order valence-electron chi connectivity index (χ0n) is 12.9. The standard InChI is InChI=1S/C14H27N3O3/c1-5-10(2)16-12(18)11(3)17-13(19)14(20-4)6-8-15-9-7-14/h10-11,15H,5-9H2,1-4H3,(H,16,18)(H,17,19). The molecule has 6 heteroatoms. The second kappa shape index (κ2) is 7.59. The van der Waals surface area contributed by atoms with Gasteiger partial charge in [0.15, 0.2) is 0 Å². The molecule has 1 saturated heterocycles. The molecule has 116 valence electrons. The van der Waals surface area contributed by atoms with Crippen LogP contribution >= 0.6 is 0 Å². The average Bonchev–Trinajstić information content (AvgIpc) is 2.47. The van der Waals surface area contributed by atoms with Crippen LogP contribution in [0.2, 0.25) is 0 Å². The zero-order chi connectivity index (χ0) is 15.2. The second-order valence-corrected chi connectivity index (χ2v) is 5.46. The third kappa shape index (κ3) is 4.18. The summed E-state index contributed by atoms with van der Waals surface area (Å²) in [4.78, 5) is 24.3. The fourth-order valence-electron chi connectivity index (χ4n) is 2.22. The highest BCUT2D eigenvalue weighted by molar-refractivity contribution is 5.91. The van der Waals surface area contributed by atoms with Crippen molar-refractivity contribution in [3.05, 3.63) is 0 Å². The molecule has 2 atom stereocenters. The van der Waals surface area contributed by atoms with Gasteiger partial charge >= 0.3 is 0 Å². The molecule has 1 fully saturated rings. The van der Waals surface area contributed by atoms with Crippen LogP contribution in [0.25, 0.3) is 0 Å². The molecule has 2 amide bonds. The number of carbonyl (C=O) groups is 2. The van der Waals surface area contributed by atoms with Crippen LogP contribution in [0.5, 0.6) is 0 Å². The van der Waals surface area contributed by atoms with Crippen molar-refractivity contribution in [3.8, 4) is 0 Å². The lowest BCUT2D eigenvalue weighted by Crippen LogP contribution is -2.58. The maximum atomic E-state index is 12.4. The first-order chi connectivity index (χ1) is 9.45. The largest absolute Gasteiger partial charge is 0.368 e. The third-order valence-electron chi connectivity index (χ3n) is 3.96. The molecule has 0 spiro atoms. The molecule has 0 radical (unpaired) electrons. The molecule has 0 aromatic carbocycles. The van der Waals surface area contributed by atoms with Crippen molar-refractivity contribution < 1.29 is 14.3 Å². The number of amides is 2. The predicted octanol–water partition coefficient (Wildman–Crippen LogP) is 0.174. The summed E-state index contributed by atoms with van der Waals surface area (Å²) in [5.41, 5.74) is -0.809. The zero-order valence-corrected chi connectivity index (χ0v) is 12.9. The maximum Gasteiger partial charge on any atom is 0.252 e. The Bertz CT molecular complexity index is 341. The minimum absolute atomic E-state index is 0.108. The number of hydrogen-bond donors (Lipinski definition) is 3. The summed E-state index contributed by atoms with van der Waals surface area (Å²) in [7, 11) is 1.55.